The highest BCUT2D eigenvalue weighted by molar-refractivity contribution is 5.97. The molecule has 102 valence electrons. The van der Waals surface area contributed by atoms with Crippen molar-refractivity contribution in [3.8, 4) is 11.5 Å². The first-order valence-corrected chi connectivity index (χ1v) is 6.35. The van der Waals surface area contributed by atoms with Crippen LogP contribution in [0.3, 0.4) is 0 Å². The third-order valence-electron chi connectivity index (χ3n) is 3.02. The first kappa shape index (κ1) is 13.9. The molecule has 20 heavy (non-hydrogen) atoms. The van der Waals surface area contributed by atoms with E-state index in [-0.39, 0.29) is 22.8 Å². The minimum atomic E-state index is -0.226. The number of hydrogen-bond acceptors (Lipinski definition) is 3. The molecule has 2 aromatic carbocycles. The number of phenols is 2. The highest BCUT2D eigenvalue weighted by Crippen LogP contribution is 2.28. The molecule has 3 heteroatoms. The Hall–Kier alpha value is -2.55. The van der Waals surface area contributed by atoms with Crippen LogP contribution in [0.1, 0.15) is 28.4 Å². The Balaban J connectivity index is 2.19. The zero-order valence-electron chi connectivity index (χ0n) is 11.2. The van der Waals surface area contributed by atoms with Crippen molar-refractivity contribution in [2.75, 3.05) is 0 Å². The average Bonchev–Trinajstić information content (AvgIpc) is 2.42. The SMILES string of the molecule is CC(=O)c1cc(CC=Cc2ccccc2)c(O)cc1O. The van der Waals surface area contributed by atoms with Crippen molar-refractivity contribution < 1.29 is 15.0 Å². The third-order valence-corrected chi connectivity index (χ3v) is 3.02. The van der Waals surface area contributed by atoms with E-state index < -0.39 is 0 Å². The number of rotatable bonds is 4. The highest BCUT2D eigenvalue weighted by atomic mass is 16.3. The Labute approximate surface area is 117 Å². The normalized spacial score (nSPS) is 10.8. The highest BCUT2D eigenvalue weighted by Gasteiger charge is 2.11. The largest absolute Gasteiger partial charge is 0.508 e. The van der Waals surface area contributed by atoms with E-state index in [4.69, 9.17) is 0 Å². The summed E-state index contributed by atoms with van der Waals surface area (Å²) in [6.07, 6.45) is 4.34. The van der Waals surface area contributed by atoms with E-state index in [0.29, 0.717) is 12.0 Å². The number of allylic oxidation sites excluding steroid dienone is 1. The van der Waals surface area contributed by atoms with Crippen LogP contribution >= 0.6 is 0 Å². The van der Waals surface area contributed by atoms with Gasteiger partial charge in [0.15, 0.2) is 5.78 Å². The van der Waals surface area contributed by atoms with Gasteiger partial charge in [-0.3, -0.25) is 4.79 Å². The Bertz CT molecular complexity index is 643. The van der Waals surface area contributed by atoms with Gasteiger partial charge in [0, 0.05) is 6.07 Å². The van der Waals surface area contributed by atoms with Crippen LogP contribution in [0.4, 0.5) is 0 Å². The molecule has 0 bridgehead atoms. The van der Waals surface area contributed by atoms with Crippen LogP contribution in [0.5, 0.6) is 11.5 Å². The number of hydrogen-bond donors (Lipinski definition) is 2. The lowest BCUT2D eigenvalue weighted by molar-refractivity contribution is 0.101. The Kier molecular flexibility index (Phi) is 4.20. The number of benzene rings is 2. The van der Waals surface area contributed by atoms with E-state index >= 15 is 0 Å². The zero-order chi connectivity index (χ0) is 14.5. The van der Waals surface area contributed by atoms with E-state index in [1.807, 2.05) is 42.5 Å². The van der Waals surface area contributed by atoms with E-state index in [0.717, 1.165) is 5.56 Å². The molecule has 0 fully saturated rings. The van der Waals surface area contributed by atoms with Gasteiger partial charge in [0.05, 0.1) is 5.56 Å². The predicted molar refractivity (Wildman–Crippen MR) is 79.0 cm³/mol. The molecule has 2 rings (SSSR count). The fourth-order valence-corrected chi connectivity index (χ4v) is 1.95. The van der Waals surface area contributed by atoms with Gasteiger partial charge in [0.25, 0.3) is 0 Å². The van der Waals surface area contributed by atoms with Crippen molar-refractivity contribution in [2.24, 2.45) is 0 Å². The fraction of sp³-hybridized carbons (Fsp3) is 0.118. The van der Waals surface area contributed by atoms with Crippen LogP contribution in [0, 0.1) is 0 Å². The minimum absolute atomic E-state index is 0.00906. The summed E-state index contributed by atoms with van der Waals surface area (Å²) < 4.78 is 0. The summed E-state index contributed by atoms with van der Waals surface area (Å²) in [4.78, 5) is 11.4. The molecule has 2 N–H and O–H groups in total. The van der Waals surface area contributed by atoms with Crippen molar-refractivity contribution >= 4 is 11.9 Å². The van der Waals surface area contributed by atoms with Crippen molar-refractivity contribution in [2.45, 2.75) is 13.3 Å². The molecule has 0 aliphatic carbocycles. The number of ketones is 1. The minimum Gasteiger partial charge on any atom is -0.508 e. The first-order chi connectivity index (χ1) is 9.58. The summed E-state index contributed by atoms with van der Waals surface area (Å²) in [5.41, 5.74) is 1.91. The second kappa shape index (κ2) is 6.06. The van der Waals surface area contributed by atoms with Gasteiger partial charge >= 0.3 is 0 Å². The predicted octanol–water partition coefficient (Wildman–Crippen LogP) is 3.56. The molecule has 0 aromatic heterocycles. The maximum absolute atomic E-state index is 11.4. The number of carbonyl (C=O) groups excluding carboxylic acids is 1. The van der Waals surface area contributed by atoms with Gasteiger partial charge in [-0.15, -0.1) is 0 Å². The Morgan fingerprint density at radius 3 is 2.45 bits per heavy atom. The van der Waals surface area contributed by atoms with E-state index in [1.165, 1.54) is 19.1 Å². The molecular weight excluding hydrogens is 252 g/mol. The van der Waals surface area contributed by atoms with Crippen LogP contribution in [-0.4, -0.2) is 16.0 Å². The van der Waals surface area contributed by atoms with Crippen molar-refractivity contribution in [1.29, 1.82) is 0 Å². The number of aromatic hydroxyl groups is 2. The Morgan fingerprint density at radius 2 is 1.80 bits per heavy atom. The number of phenolic OH excluding ortho intramolecular Hbond substituents is 2. The van der Waals surface area contributed by atoms with Gasteiger partial charge in [-0.25, -0.2) is 0 Å². The summed E-state index contributed by atoms with van der Waals surface area (Å²) in [6.45, 7) is 1.38. The quantitative estimate of drug-likeness (QED) is 0.834. The van der Waals surface area contributed by atoms with E-state index in [1.54, 1.807) is 0 Å². The van der Waals surface area contributed by atoms with Gasteiger partial charge in [0.2, 0.25) is 0 Å². The van der Waals surface area contributed by atoms with Crippen molar-refractivity contribution in [3.63, 3.8) is 0 Å². The van der Waals surface area contributed by atoms with Crippen LogP contribution < -0.4 is 0 Å². The number of Topliss-reactive ketones (excluding diaryl/α,β-unsaturated/α-hetero) is 1. The molecule has 0 aliphatic rings. The molecule has 0 atom stereocenters. The maximum Gasteiger partial charge on any atom is 0.163 e. The van der Waals surface area contributed by atoms with Gasteiger partial charge in [-0.05, 0) is 30.5 Å². The molecule has 0 saturated heterocycles. The summed E-state index contributed by atoms with van der Waals surface area (Å²) in [6, 6.07) is 12.5. The van der Waals surface area contributed by atoms with E-state index in [9.17, 15) is 15.0 Å². The molecule has 0 saturated carbocycles. The van der Waals surface area contributed by atoms with Crippen LogP contribution in [0.25, 0.3) is 6.08 Å². The summed E-state index contributed by atoms with van der Waals surface area (Å²) in [7, 11) is 0. The topological polar surface area (TPSA) is 57.5 Å². The molecule has 0 unspecified atom stereocenters. The maximum atomic E-state index is 11.4. The smallest absolute Gasteiger partial charge is 0.163 e. The van der Waals surface area contributed by atoms with Gasteiger partial charge in [-0.2, -0.15) is 0 Å². The first-order valence-electron chi connectivity index (χ1n) is 6.35. The second-order valence-electron chi connectivity index (χ2n) is 4.57. The summed E-state index contributed by atoms with van der Waals surface area (Å²) in [5, 5.41) is 19.4. The second-order valence-corrected chi connectivity index (χ2v) is 4.57. The molecule has 3 nitrogen and oxygen atoms in total. The summed E-state index contributed by atoms with van der Waals surface area (Å²) in [5.74, 6) is -0.424. The van der Waals surface area contributed by atoms with Crippen LogP contribution in [0.2, 0.25) is 0 Å². The molecule has 2 aromatic rings. The number of carbonyl (C=O) groups is 1. The van der Waals surface area contributed by atoms with Crippen LogP contribution in [0.15, 0.2) is 48.5 Å². The van der Waals surface area contributed by atoms with Gasteiger partial charge in [0.1, 0.15) is 11.5 Å². The summed E-state index contributed by atoms with van der Waals surface area (Å²) >= 11 is 0. The lowest BCUT2D eigenvalue weighted by Gasteiger charge is -2.06. The molecule has 0 aliphatic heterocycles. The molecule has 0 spiro atoms. The molecule has 0 heterocycles. The zero-order valence-corrected chi connectivity index (χ0v) is 11.2. The van der Waals surface area contributed by atoms with Crippen LogP contribution in [-0.2, 0) is 6.42 Å². The molecular formula is C17H16O3. The van der Waals surface area contributed by atoms with Gasteiger partial charge in [-0.1, -0.05) is 42.5 Å². The Morgan fingerprint density at radius 1 is 1.10 bits per heavy atom. The molecule has 0 amide bonds. The third kappa shape index (κ3) is 3.26. The lowest BCUT2D eigenvalue weighted by atomic mass is 10.0. The van der Waals surface area contributed by atoms with E-state index in [2.05, 4.69) is 0 Å². The lowest BCUT2D eigenvalue weighted by Crippen LogP contribution is -1.95. The monoisotopic (exact) mass is 268 g/mol. The standard InChI is InChI=1S/C17H16O3/c1-12(18)15-10-14(16(19)11-17(15)20)9-5-8-13-6-3-2-4-7-13/h2-8,10-11,19-20H,9H2,1H3. The molecule has 0 radical (unpaired) electrons. The van der Waals surface area contributed by atoms with Crippen molar-refractivity contribution in [1.82, 2.24) is 0 Å². The van der Waals surface area contributed by atoms with Gasteiger partial charge < -0.3 is 10.2 Å². The fourth-order valence-electron chi connectivity index (χ4n) is 1.95. The average molecular weight is 268 g/mol. The van der Waals surface area contributed by atoms with Crippen molar-refractivity contribution in [3.05, 3.63) is 65.2 Å².